The summed E-state index contributed by atoms with van der Waals surface area (Å²) >= 11 is 0. The molecule has 3 amide bonds. The molecule has 0 saturated carbocycles. The van der Waals surface area contributed by atoms with Gasteiger partial charge in [0.1, 0.15) is 0 Å². The second-order valence-electron chi connectivity index (χ2n) is 9.60. The minimum atomic E-state index is -0.517. The second-order valence-corrected chi connectivity index (χ2v) is 9.60. The van der Waals surface area contributed by atoms with Gasteiger partial charge in [0.15, 0.2) is 11.5 Å². The van der Waals surface area contributed by atoms with Gasteiger partial charge in [-0.2, -0.15) is 0 Å². The van der Waals surface area contributed by atoms with Gasteiger partial charge >= 0.3 is 12.2 Å². The molecule has 1 unspecified atom stereocenters. The molecule has 2 N–H and O–H groups in total. The van der Waals surface area contributed by atoms with Crippen molar-refractivity contribution >= 4 is 18.1 Å². The fourth-order valence-electron chi connectivity index (χ4n) is 4.15. The Bertz CT molecular complexity index is 936. The Morgan fingerprint density at radius 2 is 1.92 bits per heavy atom. The Balaban J connectivity index is 1.90. The van der Waals surface area contributed by atoms with E-state index >= 15 is 0 Å². The number of hydrogen-bond donors (Lipinski definition) is 2. The van der Waals surface area contributed by atoms with Gasteiger partial charge in [-0.05, 0) is 56.8 Å². The Hall–Kier alpha value is -3.27. The molecule has 1 heterocycles. The first-order chi connectivity index (χ1) is 18.3. The van der Waals surface area contributed by atoms with E-state index in [1.54, 1.807) is 42.0 Å². The van der Waals surface area contributed by atoms with Crippen LogP contribution in [0.15, 0.2) is 30.4 Å². The molecule has 0 spiro atoms. The van der Waals surface area contributed by atoms with Crippen LogP contribution < -0.4 is 20.1 Å². The van der Waals surface area contributed by atoms with E-state index in [1.165, 1.54) is 7.11 Å². The number of nitrogens with one attached hydrogen (secondary N) is 2. The molecular formula is C28H44N4O6. The van der Waals surface area contributed by atoms with Gasteiger partial charge in [0.05, 0.1) is 19.8 Å². The zero-order chi connectivity index (χ0) is 27.9. The van der Waals surface area contributed by atoms with Crippen LogP contribution >= 0.6 is 0 Å². The van der Waals surface area contributed by atoms with E-state index in [1.807, 2.05) is 0 Å². The molecule has 38 heavy (non-hydrogen) atoms. The third kappa shape index (κ3) is 10.2. The molecule has 10 nitrogen and oxygen atoms in total. The minimum absolute atomic E-state index is 0.00449. The van der Waals surface area contributed by atoms with Gasteiger partial charge in [-0.3, -0.25) is 4.79 Å². The maximum absolute atomic E-state index is 13.0. The second kappa shape index (κ2) is 16.5. The normalized spacial score (nSPS) is 15.6. The van der Waals surface area contributed by atoms with Crippen molar-refractivity contribution in [1.29, 1.82) is 0 Å². The van der Waals surface area contributed by atoms with E-state index in [2.05, 4.69) is 36.6 Å². The highest BCUT2D eigenvalue weighted by atomic mass is 16.6. The molecular weight excluding hydrogens is 488 g/mol. The van der Waals surface area contributed by atoms with Crippen molar-refractivity contribution in [3.05, 3.63) is 35.9 Å². The van der Waals surface area contributed by atoms with Crippen molar-refractivity contribution in [1.82, 2.24) is 20.4 Å². The quantitative estimate of drug-likeness (QED) is 0.292. The highest BCUT2D eigenvalue weighted by Gasteiger charge is 2.34. The molecule has 0 aromatic heterocycles. The first-order valence-corrected chi connectivity index (χ1v) is 13.4. The van der Waals surface area contributed by atoms with Gasteiger partial charge in [0.2, 0.25) is 5.91 Å². The number of hydrogen-bond acceptors (Lipinski definition) is 7. The van der Waals surface area contributed by atoms with Gasteiger partial charge in [0, 0.05) is 39.1 Å². The van der Waals surface area contributed by atoms with Crippen LogP contribution in [0.25, 0.3) is 0 Å². The number of rotatable bonds is 13. The third-order valence-corrected chi connectivity index (χ3v) is 6.14. The third-order valence-electron chi connectivity index (χ3n) is 6.14. The lowest BCUT2D eigenvalue weighted by Crippen LogP contribution is -2.59. The SMILES string of the molecule is CCOC(=O)N1CCN(C(=O)Oc2ccc(CNC(=O)CCCCC=CC(C)C)cc2OC)C(CNC)C1. The number of methoxy groups -OCH3 is 1. The molecule has 1 aromatic carbocycles. The van der Waals surface area contributed by atoms with E-state index in [4.69, 9.17) is 14.2 Å². The zero-order valence-electron chi connectivity index (χ0n) is 23.5. The monoisotopic (exact) mass is 532 g/mol. The molecule has 0 aliphatic carbocycles. The number of piperazine rings is 1. The standard InChI is InChI=1S/C28H44N4O6/c1-6-37-27(34)31-15-16-32(23(20-31)19-29-4)28(35)38-24-14-13-22(17-25(24)36-5)18-30-26(33)12-10-8-7-9-11-21(2)3/h9,11,13-14,17,21,23,29H,6-8,10,12,15-16,18-20H2,1-5H3,(H,30,33). The van der Waals surface area contributed by atoms with Gasteiger partial charge in [0.25, 0.3) is 0 Å². The van der Waals surface area contributed by atoms with Gasteiger partial charge in [-0.15, -0.1) is 0 Å². The summed E-state index contributed by atoms with van der Waals surface area (Å²) in [4.78, 5) is 40.6. The van der Waals surface area contributed by atoms with Crippen LogP contribution in [0.3, 0.4) is 0 Å². The fraction of sp³-hybridized carbons (Fsp3) is 0.607. The molecule has 0 radical (unpaired) electrons. The fourth-order valence-corrected chi connectivity index (χ4v) is 4.15. The summed E-state index contributed by atoms with van der Waals surface area (Å²) < 4.78 is 16.2. The predicted molar refractivity (Wildman–Crippen MR) is 146 cm³/mol. The van der Waals surface area contributed by atoms with E-state index < -0.39 is 6.09 Å². The predicted octanol–water partition coefficient (Wildman–Crippen LogP) is 3.94. The lowest BCUT2D eigenvalue weighted by Gasteiger charge is -2.40. The summed E-state index contributed by atoms with van der Waals surface area (Å²) in [5.41, 5.74) is 0.839. The first kappa shape index (κ1) is 31.0. The van der Waals surface area contributed by atoms with E-state index in [0.717, 1.165) is 24.8 Å². The minimum Gasteiger partial charge on any atom is -0.493 e. The number of likely N-dealkylation sites (N-methyl/N-ethyl adjacent to an activating group) is 1. The molecule has 10 heteroatoms. The highest BCUT2D eigenvalue weighted by molar-refractivity contribution is 5.76. The summed E-state index contributed by atoms with van der Waals surface area (Å²) in [6.07, 6.45) is 6.75. The average Bonchev–Trinajstić information content (AvgIpc) is 2.90. The largest absolute Gasteiger partial charge is 0.493 e. The summed E-state index contributed by atoms with van der Waals surface area (Å²) in [5.74, 6) is 1.24. The Morgan fingerprint density at radius 3 is 2.61 bits per heavy atom. The number of benzene rings is 1. The molecule has 1 aliphatic heterocycles. The topological polar surface area (TPSA) is 109 Å². The number of allylic oxidation sites excluding steroid dienone is 2. The Kier molecular flexibility index (Phi) is 13.5. The number of unbranched alkanes of at least 4 members (excludes halogenated alkanes) is 2. The smallest absolute Gasteiger partial charge is 0.415 e. The molecule has 1 fully saturated rings. The molecule has 1 saturated heterocycles. The molecule has 1 aromatic rings. The summed E-state index contributed by atoms with van der Waals surface area (Å²) in [6.45, 7) is 8.24. The lowest BCUT2D eigenvalue weighted by molar-refractivity contribution is -0.121. The van der Waals surface area contributed by atoms with E-state index in [0.29, 0.717) is 57.4 Å². The number of amides is 3. The van der Waals surface area contributed by atoms with Crippen molar-refractivity contribution < 1.29 is 28.6 Å². The van der Waals surface area contributed by atoms with Crippen molar-refractivity contribution in [3.8, 4) is 11.5 Å². The summed E-state index contributed by atoms with van der Waals surface area (Å²) in [5, 5.41) is 6.00. The maximum Gasteiger partial charge on any atom is 0.415 e. The summed E-state index contributed by atoms with van der Waals surface area (Å²) in [7, 11) is 3.30. The Labute approximate surface area is 226 Å². The first-order valence-electron chi connectivity index (χ1n) is 13.4. The summed E-state index contributed by atoms with van der Waals surface area (Å²) in [6, 6.07) is 4.95. The van der Waals surface area contributed by atoms with Gasteiger partial charge < -0.3 is 34.6 Å². The van der Waals surface area contributed by atoms with Gasteiger partial charge in [-0.1, -0.05) is 32.1 Å². The van der Waals surface area contributed by atoms with Crippen LogP contribution in [0, 0.1) is 5.92 Å². The highest BCUT2D eigenvalue weighted by Crippen LogP contribution is 2.29. The van der Waals surface area contributed by atoms with E-state index in [9.17, 15) is 14.4 Å². The Morgan fingerprint density at radius 1 is 1.13 bits per heavy atom. The van der Waals surface area contributed by atoms with Crippen LogP contribution in [0.5, 0.6) is 11.5 Å². The van der Waals surface area contributed by atoms with Crippen molar-refractivity contribution in [2.75, 3.05) is 46.9 Å². The maximum atomic E-state index is 13.0. The van der Waals surface area contributed by atoms with Crippen molar-refractivity contribution in [3.63, 3.8) is 0 Å². The van der Waals surface area contributed by atoms with Crippen LogP contribution in [0.1, 0.15) is 52.0 Å². The van der Waals surface area contributed by atoms with Crippen LogP contribution in [0.2, 0.25) is 0 Å². The molecule has 2 rings (SSSR count). The molecule has 212 valence electrons. The van der Waals surface area contributed by atoms with Crippen molar-refractivity contribution in [2.45, 2.75) is 59.0 Å². The van der Waals surface area contributed by atoms with Crippen LogP contribution in [0.4, 0.5) is 9.59 Å². The number of carbonyl (C=O) groups excluding carboxylic acids is 3. The van der Waals surface area contributed by atoms with E-state index in [-0.39, 0.29) is 23.8 Å². The van der Waals surface area contributed by atoms with Gasteiger partial charge in [-0.25, -0.2) is 9.59 Å². The average molecular weight is 533 g/mol. The number of nitrogens with zero attached hydrogens (tertiary/aromatic N) is 2. The molecule has 1 aliphatic rings. The number of carbonyl (C=O) groups is 3. The lowest BCUT2D eigenvalue weighted by atomic mass is 10.1. The van der Waals surface area contributed by atoms with Crippen molar-refractivity contribution in [2.24, 2.45) is 5.92 Å². The molecule has 0 bridgehead atoms. The zero-order valence-corrected chi connectivity index (χ0v) is 23.5. The molecule has 1 atom stereocenters. The number of ether oxygens (including phenoxy) is 3. The van der Waals surface area contributed by atoms with Crippen LogP contribution in [-0.4, -0.2) is 80.9 Å². The van der Waals surface area contributed by atoms with Crippen LogP contribution in [-0.2, 0) is 16.1 Å².